The third-order valence-electron chi connectivity index (χ3n) is 8.35. The highest BCUT2D eigenvalue weighted by Crippen LogP contribution is 2.63. The number of para-hydroxylation sites is 1. The van der Waals surface area contributed by atoms with Crippen LogP contribution in [-0.4, -0.2) is 29.0 Å². The van der Waals surface area contributed by atoms with Crippen molar-refractivity contribution in [3.05, 3.63) is 131 Å². The van der Waals surface area contributed by atoms with E-state index in [2.05, 4.69) is 10.5 Å². The van der Waals surface area contributed by atoms with E-state index in [1.165, 1.54) is 36.4 Å². The van der Waals surface area contributed by atoms with E-state index in [9.17, 15) is 23.9 Å². The lowest BCUT2D eigenvalue weighted by molar-refractivity contribution is -0.122. The van der Waals surface area contributed by atoms with Gasteiger partial charge in [-0.15, -0.1) is 0 Å². The normalized spacial score (nSPS) is 24.1. The van der Waals surface area contributed by atoms with Gasteiger partial charge in [0.15, 0.2) is 0 Å². The van der Waals surface area contributed by atoms with Crippen molar-refractivity contribution in [2.45, 2.75) is 11.3 Å². The average Bonchev–Trinajstić information content (AvgIpc) is 3.24. The molecule has 1 aliphatic heterocycles. The summed E-state index contributed by atoms with van der Waals surface area (Å²) in [6.45, 7) is 0. The van der Waals surface area contributed by atoms with Crippen LogP contribution >= 0.6 is 0 Å². The van der Waals surface area contributed by atoms with Crippen LogP contribution in [0, 0.1) is 17.7 Å². The molecule has 0 aromatic heterocycles. The Bertz CT molecular complexity index is 1700. The molecule has 0 radical (unpaired) electrons. The third kappa shape index (κ3) is 3.16. The summed E-state index contributed by atoms with van der Waals surface area (Å²) in [7, 11) is 0. The molecule has 7 nitrogen and oxygen atoms in total. The Morgan fingerprint density at radius 1 is 0.850 bits per heavy atom. The van der Waals surface area contributed by atoms with Crippen molar-refractivity contribution in [3.8, 4) is 5.75 Å². The number of phenolic OH excluding ortho intramolecular Hbond substituents is 1. The Morgan fingerprint density at radius 2 is 1.45 bits per heavy atom. The van der Waals surface area contributed by atoms with E-state index >= 15 is 0 Å². The first kappa shape index (κ1) is 24.0. The van der Waals surface area contributed by atoms with Gasteiger partial charge in [-0.1, -0.05) is 60.7 Å². The maximum absolute atomic E-state index is 14.2. The summed E-state index contributed by atoms with van der Waals surface area (Å²) < 4.78 is 13.7. The van der Waals surface area contributed by atoms with Crippen LogP contribution in [0.1, 0.15) is 38.5 Å². The zero-order chi connectivity index (χ0) is 27.6. The second-order valence-electron chi connectivity index (χ2n) is 10.2. The van der Waals surface area contributed by atoms with E-state index in [0.717, 1.165) is 27.2 Å². The van der Waals surface area contributed by atoms with Crippen LogP contribution in [0.15, 0.2) is 102 Å². The Labute approximate surface area is 228 Å². The van der Waals surface area contributed by atoms with Gasteiger partial charge in [-0.2, -0.15) is 5.10 Å². The molecule has 2 bridgehead atoms. The predicted molar refractivity (Wildman–Crippen MR) is 145 cm³/mol. The van der Waals surface area contributed by atoms with Gasteiger partial charge in [-0.05, 0) is 58.7 Å². The molecule has 196 valence electrons. The minimum Gasteiger partial charge on any atom is -0.507 e. The van der Waals surface area contributed by atoms with Gasteiger partial charge >= 0.3 is 0 Å². The highest BCUT2D eigenvalue weighted by Gasteiger charge is 2.68. The number of anilines is 1. The molecule has 2 atom stereocenters. The van der Waals surface area contributed by atoms with Crippen LogP contribution in [0.2, 0.25) is 0 Å². The molecule has 2 N–H and O–H groups in total. The fourth-order valence-corrected chi connectivity index (χ4v) is 6.81. The quantitative estimate of drug-likeness (QED) is 0.230. The van der Waals surface area contributed by atoms with Gasteiger partial charge in [0.25, 0.3) is 5.91 Å². The summed E-state index contributed by atoms with van der Waals surface area (Å²) in [6.07, 6.45) is 1.55. The number of nitrogens with one attached hydrogen (secondary N) is 1. The average molecular weight is 532 g/mol. The van der Waals surface area contributed by atoms with E-state index in [4.69, 9.17) is 0 Å². The summed E-state index contributed by atoms with van der Waals surface area (Å²) in [5.74, 6) is -3.95. The monoisotopic (exact) mass is 531 g/mol. The Morgan fingerprint density at radius 3 is 2.10 bits per heavy atom. The SMILES string of the molecule is O=C(N/N=C\C12c3ccccc3C(c3ccccc31)[C@H]1C(=O)N(c3ccc(F)cc3)C(=O)[C@H]12)c1ccccc1O. The van der Waals surface area contributed by atoms with Gasteiger partial charge in [0.2, 0.25) is 11.8 Å². The summed E-state index contributed by atoms with van der Waals surface area (Å²) >= 11 is 0. The van der Waals surface area contributed by atoms with E-state index in [1.54, 1.807) is 18.3 Å². The first-order valence-electron chi connectivity index (χ1n) is 12.9. The molecule has 4 aromatic rings. The molecule has 1 heterocycles. The van der Waals surface area contributed by atoms with Crippen LogP contribution in [-0.2, 0) is 15.0 Å². The van der Waals surface area contributed by atoms with Crippen molar-refractivity contribution in [1.29, 1.82) is 0 Å². The molecule has 40 heavy (non-hydrogen) atoms. The highest BCUT2D eigenvalue weighted by molar-refractivity contribution is 6.25. The zero-order valence-electron chi connectivity index (χ0n) is 21.0. The topological polar surface area (TPSA) is 99.1 Å². The van der Waals surface area contributed by atoms with Crippen molar-refractivity contribution < 1.29 is 23.9 Å². The smallest absolute Gasteiger partial charge is 0.275 e. The lowest BCUT2D eigenvalue weighted by atomic mass is 9.47. The van der Waals surface area contributed by atoms with Gasteiger partial charge in [0.1, 0.15) is 11.6 Å². The number of amides is 3. The number of benzene rings is 4. The number of imide groups is 1. The number of phenols is 1. The van der Waals surface area contributed by atoms with E-state index < -0.39 is 34.9 Å². The number of aromatic hydroxyl groups is 1. The molecule has 8 rings (SSSR count). The number of rotatable bonds is 4. The molecule has 1 fully saturated rings. The van der Waals surface area contributed by atoms with Crippen LogP contribution in [0.5, 0.6) is 5.75 Å². The fourth-order valence-electron chi connectivity index (χ4n) is 6.81. The Hall–Kier alpha value is -5.11. The minimum absolute atomic E-state index is 0.0535. The number of carbonyl (C=O) groups excluding carboxylic acids is 3. The number of nitrogens with zero attached hydrogens (tertiary/aromatic N) is 2. The fraction of sp³-hybridized carbons (Fsp3) is 0.125. The van der Waals surface area contributed by atoms with E-state index in [1.807, 2.05) is 48.5 Å². The predicted octanol–water partition coefficient (Wildman–Crippen LogP) is 4.50. The first-order valence-corrected chi connectivity index (χ1v) is 12.9. The molecule has 3 amide bonds. The van der Waals surface area contributed by atoms with Crippen LogP contribution in [0.25, 0.3) is 0 Å². The van der Waals surface area contributed by atoms with E-state index in [-0.39, 0.29) is 23.1 Å². The Kier molecular flexibility index (Phi) is 5.22. The van der Waals surface area contributed by atoms with Crippen molar-refractivity contribution in [1.82, 2.24) is 5.43 Å². The molecular formula is C32H22FN3O4. The lowest BCUT2D eigenvalue weighted by Crippen LogP contribution is -2.54. The standard InChI is InChI=1S/C32H22FN3O4/c33-18-13-15-19(16-14-18)36-30(39)27-26-20-7-1-4-10-23(20)32(28(27)31(36)40,24-11-5-2-8-21(24)26)17-34-35-29(38)22-9-3-6-12-25(22)37/h1-17,26-28,37H,(H,35,38)/b34-17-/t26?,27-,28+,32?/m1/s1. The van der Waals surface area contributed by atoms with Gasteiger partial charge in [0, 0.05) is 12.1 Å². The number of carbonyl (C=O) groups is 3. The highest BCUT2D eigenvalue weighted by atomic mass is 19.1. The molecule has 4 aromatic carbocycles. The second-order valence-corrected chi connectivity index (χ2v) is 10.2. The van der Waals surface area contributed by atoms with Gasteiger partial charge in [0.05, 0.1) is 28.5 Å². The molecule has 0 saturated carbocycles. The summed E-state index contributed by atoms with van der Waals surface area (Å²) in [5, 5.41) is 14.5. The maximum Gasteiger partial charge on any atom is 0.275 e. The number of halogens is 1. The first-order chi connectivity index (χ1) is 19.4. The Balaban J connectivity index is 1.41. The largest absolute Gasteiger partial charge is 0.507 e. The molecular weight excluding hydrogens is 509 g/mol. The maximum atomic E-state index is 14.2. The molecule has 0 spiro atoms. The molecule has 8 heteroatoms. The summed E-state index contributed by atoms with van der Waals surface area (Å²) in [5.41, 5.74) is 5.20. The zero-order valence-corrected chi connectivity index (χ0v) is 21.0. The van der Waals surface area contributed by atoms with Crippen LogP contribution < -0.4 is 10.3 Å². The van der Waals surface area contributed by atoms with Crippen LogP contribution in [0.3, 0.4) is 0 Å². The van der Waals surface area contributed by atoms with Crippen LogP contribution in [0.4, 0.5) is 10.1 Å². The number of hydrazone groups is 1. The second kappa shape index (κ2) is 8.71. The molecule has 4 aliphatic rings. The summed E-state index contributed by atoms with van der Waals surface area (Å²) in [6, 6.07) is 26.8. The van der Waals surface area contributed by atoms with Gasteiger partial charge < -0.3 is 5.11 Å². The molecule has 3 aliphatic carbocycles. The third-order valence-corrected chi connectivity index (χ3v) is 8.35. The summed E-state index contributed by atoms with van der Waals surface area (Å²) in [4.78, 5) is 42.3. The molecule has 0 unspecified atom stereocenters. The van der Waals surface area contributed by atoms with E-state index in [0.29, 0.717) is 5.69 Å². The lowest BCUT2D eigenvalue weighted by Gasteiger charge is -2.52. The van der Waals surface area contributed by atoms with Gasteiger partial charge in [-0.3, -0.25) is 14.4 Å². The van der Waals surface area contributed by atoms with Crippen molar-refractivity contribution in [2.75, 3.05) is 4.90 Å². The number of hydrogen-bond acceptors (Lipinski definition) is 5. The number of hydrogen-bond donors (Lipinski definition) is 2. The van der Waals surface area contributed by atoms with Crippen molar-refractivity contribution >= 4 is 29.6 Å². The van der Waals surface area contributed by atoms with Crippen molar-refractivity contribution in [3.63, 3.8) is 0 Å². The van der Waals surface area contributed by atoms with Gasteiger partial charge in [-0.25, -0.2) is 14.7 Å². The molecule has 1 saturated heterocycles. The minimum atomic E-state index is -1.17. The van der Waals surface area contributed by atoms with Crippen molar-refractivity contribution in [2.24, 2.45) is 16.9 Å².